The van der Waals surface area contributed by atoms with Gasteiger partial charge in [-0.3, -0.25) is 9.69 Å². The number of esters is 1. The van der Waals surface area contributed by atoms with Gasteiger partial charge in [0.25, 0.3) is 0 Å². The molecule has 200 valence electrons. The number of aromatic nitrogens is 2. The zero-order valence-corrected chi connectivity index (χ0v) is 22.2. The number of ether oxygens (including phenoxy) is 3. The third-order valence-corrected chi connectivity index (χ3v) is 6.68. The van der Waals surface area contributed by atoms with Crippen molar-refractivity contribution in [3.05, 3.63) is 101 Å². The van der Waals surface area contributed by atoms with Crippen molar-refractivity contribution < 1.29 is 23.8 Å². The minimum absolute atomic E-state index is 0.159. The van der Waals surface area contributed by atoms with Gasteiger partial charge < -0.3 is 19.2 Å². The minimum Gasteiger partial charge on any atom is -0.466 e. The van der Waals surface area contributed by atoms with Crippen LogP contribution in [0.3, 0.4) is 0 Å². The summed E-state index contributed by atoms with van der Waals surface area (Å²) in [6.07, 6.45) is 1.20. The van der Waals surface area contributed by atoms with Crippen LogP contribution in [-0.2, 0) is 27.2 Å². The molecule has 0 bridgehead atoms. The second-order valence-corrected chi connectivity index (χ2v) is 9.55. The summed E-state index contributed by atoms with van der Waals surface area (Å²) in [5.41, 5.74) is 4.37. The molecule has 1 N–H and O–H groups in total. The number of cyclic esters (lactones) is 1. The second kappa shape index (κ2) is 11.4. The molecule has 2 heterocycles. The van der Waals surface area contributed by atoms with Gasteiger partial charge in [0.2, 0.25) is 0 Å². The van der Waals surface area contributed by atoms with E-state index in [-0.39, 0.29) is 37.2 Å². The fourth-order valence-electron chi connectivity index (χ4n) is 4.72. The number of rotatable bonds is 9. The average molecular weight is 526 g/mol. The minimum atomic E-state index is -0.377. The van der Waals surface area contributed by atoms with Crippen molar-refractivity contribution in [3.8, 4) is 22.9 Å². The third kappa shape index (κ3) is 5.95. The SMILES string of the molecule is CCOC(=O)Cc1cccc(Oc2ccc(-c3ncc(C)[nH]3)cc2CN2C(=O)OC(c3ccccc3)C2C)c1. The van der Waals surface area contributed by atoms with Crippen molar-refractivity contribution >= 4 is 12.1 Å². The van der Waals surface area contributed by atoms with Crippen molar-refractivity contribution in [2.24, 2.45) is 0 Å². The van der Waals surface area contributed by atoms with Gasteiger partial charge in [-0.15, -0.1) is 0 Å². The summed E-state index contributed by atoms with van der Waals surface area (Å²) in [6, 6.07) is 22.7. The molecule has 1 aliphatic rings. The van der Waals surface area contributed by atoms with Crippen LogP contribution in [0.1, 0.15) is 42.3 Å². The number of aromatic amines is 1. The Hall–Kier alpha value is -4.59. The van der Waals surface area contributed by atoms with E-state index in [9.17, 15) is 9.59 Å². The normalized spacial score (nSPS) is 16.7. The molecule has 0 spiro atoms. The fraction of sp³-hybridized carbons (Fsp3) is 0.258. The molecular formula is C31H31N3O5. The van der Waals surface area contributed by atoms with Gasteiger partial charge in [-0.1, -0.05) is 42.5 Å². The Morgan fingerprint density at radius 1 is 1.08 bits per heavy atom. The highest BCUT2D eigenvalue weighted by atomic mass is 16.6. The molecule has 5 rings (SSSR count). The highest BCUT2D eigenvalue weighted by Gasteiger charge is 2.40. The Labute approximate surface area is 227 Å². The fourth-order valence-corrected chi connectivity index (χ4v) is 4.72. The number of carbonyl (C=O) groups excluding carboxylic acids is 2. The van der Waals surface area contributed by atoms with E-state index >= 15 is 0 Å². The number of hydrogen-bond acceptors (Lipinski definition) is 6. The first-order chi connectivity index (χ1) is 18.9. The largest absolute Gasteiger partial charge is 0.466 e. The van der Waals surface area contributed by atoms with Crippen molar-refractivity contribution in [2.75, 3.05) is 6.61 Å². The predicted molar refractivity (Wildman–Crippen MR) is 146 cm³/mol. The van der Waals surface area contributed by atoms with E-state index in [1.54, 1.807) is 18.0 Å². The van der Waals surface area contributed by atoms with Gasteiger partial charge in [0.05, 0.1) is 25.6 Å². The van der Waals surface area contributed by atoms with Crippen LogP contribution in [0.25, 0.3) is 11.4 Å². The van der Waals surface area contributed by atoms with E-state index in [0.717, 1.165) is 33.8 Å². The van der Waals surface area contributed by atoms with Crippen LogP contribution < -0.4 is 4.74 Å². The molecule has 8 nitrogen and oxygen atoms in total. The molecule has 1 aliphatic heterocycles. The van der Waals surface area contributed by atoms with Crippen LogP contribution in [0.5, 0.6) is 11.5 Å². The summed E-state index contributed by atoms with van der Waals surface area (Å²) in [6.45, 7) is 6.34. The molecule has 2 unspecified atom stereocenters. The second-order valence-electron chi connectivity index (χ2n) is 9.55. The number of imidazole rings is 1. The van der Waals surface area contributed by atoms with E-state index in [1.165, 1.54) is 0 Å². The number of nitrogens with one attached hydrogen (secondary N) is 1. The maximum absolute atomic E-state index is 13.0. The van der Waals surface area contributed by atoms with E-state index < -0.39 is 0 Å². The Bertz CT molecular complexity index is 1470. The number of hydrogen-bond donors (Lipinski definition) is 1. The molecule has 39 heavy (non-hydrogen) atoms. The summed E-state index contributed by atoms with van der Waals surface area (Å²) in [4.78, 5) is 34.4. The number of nitrogens with zero attached hydrogens (tertiary/aromatic N) is 2. The van der Waals surface area contributed by atoms with Gasteiger partial charge in [-0.25, -0.2) is 9.78 Å². The number of carbonyl (C=O) groups is 2. The third-order valence-electron chi connectivity index (χ3n) is 6.68. The summed E-state index contributed by atoms with van der Waals surface area (Å²) in [7, 11) is 0. The molecule has 2 atom stereocenters. The van der Waals surface area contributed by atoms with Crippen molar-refractivity contribution in [1.29, 1.82) is 0 Å². The Balaban J connectivity index is 1.44. The Morgan fingerprint density at radius 3 is 2.64 bits per heavy atom. The summed E-state index contributed by atoms with van der Waals surface area (Å²) in [5.74, 6) is 1.62. The van der Waals surface area contributed by atoms with Gasteiger partial charge >= 0.3 is 12.1 Å². The number of H-pyrrole nitrogens is 1. The van der Waals surface area contributed by atoms with Gasteiger partial charge in [0.1, 0.15) is 23.4 Å². The predicted octanol–water partition coefficient (Wildman–Crippen LogP) is 6.37. The van der Waals surface area contributed by atoms with Gasteiger partial charge in [0, 0.05) is 23.0 Å². The molecule has 3 aromatic carbocycles. The van der Waals surface area contributed by atoms with Crippen LogP contribution in [0.2, 0.25) is 0 Å². The van der Waals surface area contributed by atoms with E-state index in [2.05, 4.69) is 9.97 Å². The zero-order chi connectivity index (χ0) is 27.4. The summed E-state index contributed by atoms with van der Waals surface area (Å²) >= 11 is 0. The Morgan fingerprint density at radius 2 is 1.90 bits per heavy atom. The lowest BCUT2D eigenvalue weighted by Gasteiger charge is -2.22. The molecule has 1 fully saturated rings. The van der Waals surface area contributed by atoms with Crippen LogP contribution >= 0.6 is 0 Å². The molecule has 0 saturated carbocycles. The topological polar surface area (TPSA) is 93.8 Å². The van der Waals surface area contributed by atoms with Gasteiger partial charge in [-0.2, -0.15) is 0 Å². The Kier molecular flexibility index (Phi) is 7.63. The highest BCUT2D eigenvalue weighted by molar-refractivity contribution is 5.73. The molecule has 0 radical (unpaired) electrons. The van der Waals surface area contributed by atoms with Gasteiger partial charge in [0.15, 0.2) is 0 Å². The van der Waals surface area contributed by atoms with E-state index in [1.807, 2.05) is 86.6 Å². The van der Waals surface area contributed by atoms with Crippen molar-refractivity contribution in [2.45, 2.75) is 45.9 Å². The lowest BCUT2D eigenvalue weighted by molar-refractivity contribution is -0.142. The summed E-state index contributed by atoms with van der Waals surface area (Å²) < 4.78 is 17.2. The van der Waals surface area contributed by atoms with Crippen LogP contribution in [0.4, 0.5) is 4.79 Å². The van der Waals surface area contributed by atoms with E-state index in [4.69, 9.17) is 14.2 Å². The molecule has 8 heteroatoms. The first kappa shape index (κ1) is 26.0. The first-order valence-corrected chi connectivity index (χ1v) is 13.0. The van der Waals surface area contributed by atoms with Crippen LogP contribution in [-0.4, -0.2) is 39.6 Å². The first-order valence-electron chi connectivity index (χ1n) is 13.0. The van der Waals surface area contributed by atoms with Crippen LogP contribution in [0, 0.1) is 6.92 Å². The standard InChI is InChI=1S/C31H31N3O5/c1-4-37-28(35)16-22-9-8-12-26(15-22)38-27-14-13-24(30-32-18-20(2)33-30)17-25(27)19-34-21(3)29(39-31(34)36)23-10-6-5-7-11-23/h5-15,17-18,21,29H,4,16,19H2,1-3H3,(H,32,33). The monoisotopic (exact) mass is 525 g/mol. The lowest BCUT2D eigenvalue weighted by atomic mass is 10.0. The molecular weight excluding hydrogens is 494 g/mol. The summed E-state index contributed by atoms with van der Waals surface area (Å²) in [5, 5.41) is 0. The van der Waals surface area contributed by atoms with Gasteiger partial charge in [-0.05, 0) is 62.2 Å². The molecule has 1 aromatic heterocycles. The lowest BCUT2D eigenvalue weighted by Crippen LogP contribution is -2.31. The average Bonchev–Trinajstić information content (AvgIpc) is 3.48. The van der Waals surface area contributed by atoms with Crippen LogP contribution in [0.15, 0.2) is 79.0 Å². The van der Waals surface area contributed by atoms with Crippen molar-refractivity contribution in [1.82, 2.24) is 14.9 Å². The van der Waals surface area contributed by atoms with E-state index in [0.29, 0.717) is 18.1 Å². The maximum Gasteiger partial charge on any atom is 0.411 e. The highest BCUT2D eigenvalue weighted by Crippen LogP contribution is 2.36. The van der Waals surface area contributed by atoms with Crippen molar-refractivity contribution in [3.63, 3.8) is 0 Å². The maximum atomic E-state index is 13.0. The molecule has 0 aliphatic carbocycles. The molecule has 1 amide bonds. The quantitative estimate of drug-likeness (QED) is 0.255. The number of amides is 1. The molecule has 1 saturated heterocycles. The number of benzene rings is 3. The smallest absolute Gasteiger partial charge is 0.411 e. The number of aryl methyl sites for hydroxylation is 1. The zero-order valence-electron chi connectivity index (χ0n) is 22.2. The molecule has 4 aromatic rings.